The first kappa shape index (κ1) is 13.1. The SMILES string of the molecule is O=C1NC2(CC(F)C2)C(=O)N[C@H]1Cc1csc(Br)c1. The summed E-state index contributed by atoms with van der Waals surface area (Å²) in [6.45, 7) is 0. The minimum absolute atomic E-state index is 0.0846. The van der Waals surface area contributed by atoms with Crippen molar-refractivity contribution >= 4 is 39.1 Å². The summed E-state index contributed by atoms with van der Waals surface area (Å²) in [5, 5.41) is 7.34. The van der Waals surface area contributed by atoms with E-state index in [2.05, 4.69) is 26.6 Å². The maximum Gasteiger partial charge on any atom is 0.246 e. The minimum atomic E-state index is -0.998. The molecule has 2 heterocycles. The van der Waals surface area contributed by atoms with Gasteiger partial charge in [-0.05, 0) is 32.9 Å². The van der Waals surface area contributed by atoms with Gasteiger partial charge in [-0.1, -0.05) is 0 Å². The van der Waals surface area contributed by atoms with Gasteiger partial charge in [-0.2, -0.15) is 0 Å². The molecule has 102 valence electrons. The highest BCUT2D eigenvalue weighted by atomic mass is 79.9. The molecular weight excluding hydrogens is 335 g/mol. The van der Waals surface area contributed by atoms with Gasteiger partial charge in [-0.15, -0.1) is 11.3 Å². The van der Waals surface area contributed by atoms with Crippen LogP contribution in [0.5, 0.6) is 0 Å². The van der Waals surface area contributed by atoms with E-state index in [0.717, 1.165) is 9.35 Å². The van der Waals surface area contributed by atoms with E-state index in [1.54, 1.807) is 0 Å². The Bertz CT molecular complexity index is 542. The van der Waals surface area contributed by atoms with Crippen LogP contribution in [0.4, 0.5) is 4.39 Å². The third-order valence-corrected chi connectivity index (χ3v) is 5.17. The maximum atomic E-state index is 13.0. The van der Waals surface area contributed by atoms with E-state index in [9.17, 15) is 14.0 Å². The Balaban J connectivity index is 1.69. The van der Waals surface area contributed by atoms with E-state index in [-0.39, 0.29) is 24.7 Å². The van der Waals surface area contributed by atoms with Crippen LogP contribution in [0.15, 0.2) is 15.2 Å². The number of carbonyl (C=O) groups excluding carboxylic acids is 2. The lowest BCUT2D eigenvalue weighted by Gasteiger charge is -2.47. The number of hydrogen-bond donors (Lipinski definition) is 2. The fraction of sp³-hybridized carbons (Fsp3) is 0.500. The van der Waals surface area contributed by atoms with Crippen LogP contribution in [0.25, 0.3) is 0 Å². The van der Waals surface area contributed by atoms with Crippen LogP contribution in [-0.4, -0.2) is 29.6 Å². The fourth-order valence-corrected chi connectivity index (χ4v) is 3.78. The molecule has 1 spiro atoms. The molecule has 0 radical (unpaired) electrons. The summed E-state index contributed by atoms with van der Waals surface area (Å²) in [4.78, 5) is 24.0. The number of piperazine rings is 1. The number of halogens is 2. The molecule has 0 bridgehead atoms. The fourth-order valence-electron chi connectivity index (χ4n) is 2.56. The molecule has 2 amide bonds. The van der Waals surface area contributed by atoms with Crippen molar-refractivity contribution in [1.82, 2.24) is 10.6 Å². The van der Waals surface area contributed by atoms with E-state index in [0.29, 0.717) is 6.42 Å². The Kier molecular flexibility index (Phi) is 3.13. The Morgan fingerprint density at radius 3 is 2.79 bits per heavy atom. The predicted octanol–water partition coefficient (Wildman–Crippen LogP) is 1.54. The van der Waals surface area contributed by atoms with Crippen molar-refractivity contribution in [3.8, 4) is 0 Å². The standard InChI is InChI=1S/C12H12BrFN2O2S/c13-9-2-6(5-19-9)1-8-10(17)16-12(11(18)15-8)3-7(14)4-12/h2,5,7-8H,1,3-4H2,(H,15,18)(H,16,17)/t7?,8-,12?/m0/s1. The van der Waals surface area contributed by atoms with Crippen molar-refractivity contribution in [2.75, 3.05) is 0 Å². The first-order valence-electron chi connectivity index (χ1n) is 5.98. The van der Waals surface area contributed by atoms with Crippen molar-refractivity contribution in [3.63, 3.8) is 0 Å². The maximum absolute atomic E-state index is 13.0. The summed E-state index contributed by atoms with van der Waals surface area (Å²) in [6, 6.07) is 1.35. The summed E-state index contributed by atoms with van der Waals surface area (Å²) in [5.74, 6) is -0.492. The monoisotopic (exact) mass is 346 g/mol. The predicted molar refractivity (Wildman–Crippen MR) is 72.7 cm³/mol. The topological polar surface area (TPSA) is 58.2 Å². The first-order chi connectivity index (χ1) is 8.98. The lowest BCUT2D eigenvalue weighted by atomic mass is 9.72. The van der Waals surface area contributed by atoms with Gasteiger partial charge in [0.05, 0.1) is 3.79 Å². The molecule has 1 aliphatic carbocycles. The van der Waals surface area contributed by atoms with Crippen LogP contribution < -0.4 is 10.6 Å². The zero-order valence-corrected chi connectivity index (χ0v) is 12.3. The van der Waals surface area contributed by atoms with Crippen LogP contribution in [-0.2, 0) is 16.0 Å². The largest absolute Gasteiger partial charge is 0.342 e. The first-order valence-corrected chi connectivity index (χ1v) is 7.66. The van der Waals surface area contributed by atoms with Crippen molar-refractivity contribution in [2.45, 2.75) is 37.0 Å². The molecule has 7 heteroatoms. The molecule has 0 aromatic carbocycles. The van der Waals surface area contributed by atoms with Gasteiger partial charge in [0.2, 0.25) is 11.8 Å². The summed E-state index contributed by atoms with van der Waals surface area (Å²) < 4.78 is 13.9. The van der Waals surface area contributed by atoms with E-state index in [1.165, 1.54) is 11.3 Å². The summed E-state index contributed by atoms with van der Waals surface area (Å²) in [7, 11) is 0. The molecule has 4 nitrogen and oxygen atoms in total. The molecular formula is C12H12BrFN2O2S. The molecule has 2 fully saturated rings. The number of rotatable bonds is 2. The average molecular weight is 347 g/mol. The van der Waals surface area contributed by atoms with Crippen LogP contribution in [0, 0.1) is 0 Å². The normalized spacial score (nSPS) is 33.8. The minimum Gasteiger partial charge on any atom is -0.342 e. The van der Waals surface area contributed by atoms with Gasteiger partial charge in [-0.25, -0.2) is 4.39 Å². The van der Waals surface area contributed by atoms with Crippen molar-refractivity contribution < 1.29 is 14.0 Å². The van der Waals surface area contributed by atoms with Crippen molar-refractivity contribution in [1.29, 1.82) is 0 Å². The van der Waals surface area contributed by atoms with E-state index in [4.69, 9.17) is 0 Å². The van der Waals surface area contributed by atoms with Crippen LogP contribution in [0.3, 0.4) is 0 Å². The Morgan fingerprint density at radius 1 is 1.47 bits per heavy atom. The molecule has 2 N–H and O–H groups in total. The smallest absolute Gasteiger partial charge is 0.246 e. The Hall–Kier alpha value is -0.950. The summed E-state index contributed by atoms with van der Waals surface area (Å²) >= 11 is 4.89. The molecule has 1 saturated carbocycles. The zero-order chi connectivity index (χ0) is 13.6. The number of alkyl halides is 1. The van der Waals surface area contributed by atoms with Gasteiger partial charge in [0.25, 0.3) is 0 Å². The molecule has 0 unspecified atom stereocenters. The van der Waals surface area contributed by atoms with Crippen LogP contribution >= 0.6 is 27.3 Å². The summed E-state index contributed by atoms with van der Waals surface area (Å²) in [5.41, 5.74) is -0.00681. The molecule has 1 saturated heterocycles. The Morgan fingerprint density at radius 2 is 2.21 bits per heavy atom. The molecule has 3 rings (SSSR count). The number of hydrogen-bond acceptors (Lipinski definition) is 3. The zero-order valence-electron chi connectivity index (χ0n) is 9.91. The molecule has 1 aromatic heterocycles. The number of carbonyl (C=O) groups is 2. The number of amides is 2. The van der Waals surface area contributed by atoms with Crippen LogP contribution in [0.1, 0.15) is 18.4 Å². The highest BCUT2D eigenvalue weighted by Gasteiger charge is 2.55. The summed E-state index contributed by atoms with van der Waals surface area (Å²) in [6.07, 6.45) is -0.368. The van der Waals surface area contributed by atoms with Gasteiger partial charge >= 0.3 is 0 Å². The lowest BCUT2D eigenvalue weighted by Crippen LogP contribution is -2.74. The van der Waals surface area contributed by atoms with Crippen molar-refractivity contribution in [2.24, 2.45) is 0 Å². The number of thiophene rings is 1. The van der Waals surface area contributed by atoms with Gasteiger partial charge in [0, 0.05) is 19.3 Å². The Labute approximate surface area is 121 Å². The molecule has 2 aliphatic rings. The average Bonchev–Trinajstić information content (AvgIpc) is 2.69. The lowest BCUT2D eigenvalue weighted by molar-refractivity contribution is -0.148. The van der Waals surface area contributed by atoms with Gasteiger partial charge in [0.15, 0.2) is 0 Å². The number of nitrogens with one attached hydrogen (secondary N) is 2. The highest BCUT2D eigenvalue weighted by molar-refractivity contribution is 9.11. The van der Waals surface area contributed by atoms with E-state index < -0.39 is 17.8 Å². The highest BCUT2D eigenvalue weighted by Crippen LogP contribution is 2.36. The second-order valence-electron chi connectivity index (χ2n) is 5.07. The second kappa shape index (κ2) is 4.56. The molecule has 1 aliphatic heterocycles. The van der Waals surface area contributed by atoms with Gasteiger partial charge < -0.3 is 10.6 Å². The third-order valence-electron chi connectivity index (χ3n) is 3.62. The molecule has 1 aromatic rings. The van der Waals surface area contributed by atoms with Crippen molar-refractivity contribution in [3.05, 3.63) is 20.8 Å². The molecule has 1 atom stereocenters. The van der Waals surface area contributed by atoms with Gasteiger partial charge in [-0.3, -0.25) is 9.59 Å². The van der Waals surface area contributed by atoms with E-state index in [1.807, 2.05) is 11.4 Å². The third kappa shape index (κ3) is 2.29. The quantitative estimate of drug-likeness (QED) is 0.853. The second-order valence-corrected chi connectivity index (χ2v) is 7.36. The molecule has 19 heavy (non-hydrogen) atoms. The van der Waals surface area contributed by atoms with Crippen LogP contribution in [0.2, 0.25) is 0 Å². The van der Waals surface area contributed by atoms with E-state index >= 15 is 0 Å². The van der Waals surface area contributed by atoms with Gasteiger partial charge in [0.1, 0.15) is 17.8 Å².